The molecule has 0 saturated heterocycles. The van der Waals surface area contributed by atoms with Gasteiger partial charge in [-0.05, 0) is 91.7 Å². The SMILES string of the molecule is Cc1ccccc1N(c1ccc2c(c1)oc1cc(N(c3ccccc3C)c3ccccc3C)c3ccccc3c12)c1ccccc1C. The molecule has 8 rings (SSSR count). The van der Waals surface area contributed by atoms with Gasteiger partial charge in [0.15, 0.2) is 0 Å². The highest BCUT2D eigenvalue weighted by molar-refractivity contribution is 6.22. The number of anilines is 6. The molecule has 0 radical (unpaired) electrons. The van der Waals surface area contributed by atoms with Crippen LogP contribution in [0.4, 0.5) is 34.1 Å². The Labute approximate surface area is 275 Å². The van der Waals surface area contributed by atoms with Gasteiger partial charge < -0.3 is 14.2 Å². The molecule has 0 aliphatic heterocycles. The van der Waals surface area contributed by atoms with Gasteiger partial charge in [0, 0.05) is 56.7 Å². The van der Waals surface area contributed by atoms with Crippen LogP contribution in [0.1, 0.15) is 22.3 Å². The second-order valence-electron chi connectivity index (χ2n) is 12.4. The fourth-order valence-corrected chi connectivity index (χ4v) is 6.99. The molecule has 0 aliphatic rings. The van der Waals surface area contributed by atoms with E-state index in [1.165, 1.54) is 33.0 Å². The summed E-state index contributed by atoms with van der Waals surface area (Å²) < 4.78 is 6.85. The lowest BCUT2D eigenvalue weighted by Crippen LogP contribution is -2.13. The van der Waals surface area contributed by atoms with Crippen LogP contribution in [0.25, 0.3) is 32.7 Å². The minimum absolute atomic E-state index is 0.866. The van der Waals surface area contributed by atoms with Crippen molar-refractivity contribution >= 4 is 66.8 Å². The van der Waals surface area contributed by atoms with Crippen molar-refractivity contribution in [2.45, 2.75) is 27.7 Å². The fourth-order valence-electron chi connectivity index (χ4n) is 6.99. The van der Waals surface area contributed by atoms with Crippen molar-refractivity contribution in [3.63, 3.8) is 0 Å². The number of fused-ring (bicyclic) bond motifs is 5. The van der Waals surface area contributed by atoms with Gasteiger partial charge in [0.2, 0.25) is 0 Å². The molecule has 3 nitrogen and oxygen atoms in total. The van der Waals surface area contributed by atoms with E-state index in [1.54, 1.807) is 0 Å². The van der Waals surface area contributed by atoms with Crippen LogP contribution in [0.15, 0.2) is 150 Å². The Bertz CT molecular complexity index is 2340. The Morgan fingerprint density at radius 1 is 0.362 bits per heavy atom. The highest BCUT2D eigenvalue weighted by Gasteiger charge is 2.23. The molecule has 7 aromatic carbocycles. The van der Waals surface area contributed by atoms with Crippen molar-refractivity contribution in [2.24, 2.45) is 0 Å². The van der Waals surface area contributed by atoms with Crippen LogP contribution in [0.2, 0.25) is 0 Å². The molecule has 0 N–H and O–H groups in total. The Kier molecular flexibility index (Phi) is 7.03. The van der Waals surface area contributed by atoms with Crippen molar-refractivity contribution < 1.29 is 4.42 Å². The molecule has 0 unspecified atom stereocenters. The molecule has 0 atom stereocenters. The minimum atomic E-state index is 0.866. The number of aryl methyl sites for hydroxylation is 4. The predicted octanol–water partition coefficient (Wildman–Crippen LogP) is 12.9. The maximum atomic E-state index is 6.85. The zero-order valence-corrected chi connectivity index (χ0v) is 27.2. The summed E-state index contributed by atoms with van der Waals surface area (Å²) in [6.07, 6.45) is 0. The molecule has 0 saturated carbocycles. The highest BCUT2D eigenvalue weighted by Crippen LogP contribution is 2.47. The first-order valence-electron chi connectivity index (χ1n) is 16.2. The van der Waals surface area contributed by atoms with E-state index in [0.717, 1.165) is 56.1 Å². The van der Waals surface area contributed by atoms with E-state index in [0.29, 0.717) is 0 Å². The topological polar surface area (TPSA) is 19.6 Å². The zero-order valence-electron chi connectivity index (χ0n) is 27.2. The summed E-state index contributed by atoms with van der Waals surface area (Å²) in [7, 11) is 0. The van der Waals surface area contributed by atoms with E-state index in [4.69, 9.17) is 4.42 Å². The molecule has 0 amide bonds. The smallest absolute Gasteiger partial charge is 0.138 e. The van der Waals surface area contributed by atoms with Crippen LogP contribution in [0, 0.1) is 27.7 Å². The molecule has 1 aromatic heterocycles. The first-order valence-corrected chi connectivity index (χ1v) is 16.2. The van der Waals surface area contributed by atoms with E-state index in [9.17, 15) is 0 Å². The molecular formula is C44H36N2O. The maximum absolute atomic E-state index is 6.85. The average molecular weight is 609 g/mol. The first kappa shape index (κ1) is 28.7. The molecule has 47 heavy (non-hydrogen) atoms. The van der Waals surface area contributed by atoms with Gasteiger partial charge in [-0.2, -0.15) is 0 Å². The van der Waals surface area contributed by atoms with Gasteiger partial charge >= 0.3 is 0 Å². The number of nitrogens with zero attached hydrogens (tertiary/aromatic N) is 2. The lowest BCUT2D eigenvalue weighted by molar-refractivity contribution is 0.669. The van der Waals surface area contributed by atoms with E-state index >= 15 is 0 Å². The lowest BCUT2D eigenvalue weighted by Gasteiger charge is -2.29. The molecular weight excluding hydrogens is 572 g/mol. The van der Waals surface area contributed by atoms with Gasteiger partial charge in [0.1, 0.15) is 11.2 Å². The molecule has 0 spiro atoms. The third kappa shape index (κ3) is 4.83. The number of rotatable bonds is 6. The largest absolute Gasteiger partial charge is 0.456 e. The summed E-state index contributed by atoms with van der Waals surface area (Å²) in [6.45, 7) is 8.70. The van der Waals surface area contributed by atoms with Crippen molar-refractivity contribution in [1.29, 1.82) is 0 Å². The number of hydrogen-bond donors (Lipinski definition) is 0. The molecule has 228 valence electrons. The summed E-state index contributed by atoms with van der Waals surface area (Å²) in [5.41, 5.74) is 13.3. The van der Waals surface area contributed by atoms with Crippen LogP contribution in [-0.4, -0.2) is 0 Å². The van der Waals surface area contributed by atoms with Gasteiger partial charge in [-0.3, -0.25) is 0 Å². The summed E-state index contributed by atoms with van der Waals surface area (Å²) in [5.74, 6) is 0. The van der Waals surface area contributed by atoms with Crippen LogP contribution >= 0.6 is 0 Å². The van der Waals surface area contributed by atoms with Crippen molar-refractivity contribution in [1.82, 2.24) is 0 Å². The standard InChI is InChI=1S/C44H36N2O/c1-29-15-5-11-21-37(29)45(38-22-12-6-16-30(38)2)33-25-26-36-42(27-33)47-43-28-41(34-19-9-10-20-35(34)44(36)43)46(39-23-13-7-17-31(39)3)40-24-14-8-18-32(40)4/h5-28H,1-4H3. The van der Waals surface area contributed by atoms with Crippen molar-refractivity contribution in [3.05, 3.63) is 168 Å². The molecule has 1 heterocycles. The van der Waals surface area contributed by atoms with Gasteiger partial charge in [-0.15, -0.1) is 0 Å². The summed E-state index contributed by atoms with van der Waals surface area (Å²) in [4.78, 5) is 4.74. The maximum Gasteiger partial charge on any atom is 0.138 e. The number of benzene rings is 7. The Balaban J connectivity index is 1.39. The first-order chi connectivity index (χ1) is 23.0. The molecule has 0 bridgehead atoms. The van der Waals surface area contributed by atoms with Crippen molar-refractivity contribution in [2.75, 3.05) is 9.80 Å². The molecule has 0 aliphatic carbocycles. The van der Waals surface area contributed by atoms with Crippen LogP contribution in [-0.2, 0) is 0 Å². The second-order valence-corrected chi connectivity index (χ2v) is 12.4. The van der Waals surface area contributed by atoms with E-state index in [-0.39, 0.29) is 0 Å². The van der Waals surface area contributed by atoms with Crippen LogP contribution in [0.5, 0.6) is 0 Å². The fraction of sp³-hybridized carbons (Fsp3) is 0.0909. The quantitative estimate of drug-likeness (QED) is 0.187. The van der Waals surface area contributed by atoms with Crippen LogP contribution < -0.4 is 9.80 Å². The Morgan fingerprint density at radius 3 is 1.32 bits per heavy atom. The minimum Gasteiger partial charge on any atom is -0.456 e. The third-order valence-electron chi connectivity index (χ3n) is 9.37. The van der Waals surface area contributed by atoms with Gasteiger partial charge in [-0.1, -0.05) is 97.1 Å². The third-order valence-corrected chi connectivity index (χ3v) is 9.37. The highest BCUT2D eigenvalue weighted by atomic mass is 16.3. The second kappa shape index (κ2) is 11.5. The van der Waals surface area contributed by atoms with Gasteiger partial charge in [0.05, 0.1) is 5.69 Å². The van der Waals surface area contributed by atoms with Crippen LogP contribution in [0.3, 0.4) is 0 Å². The summed E-state index contributed by atoms with van der Waals surface area (Å²) in [6, 6.07) is 51.9. The molecule has 0 fully saturated rings. The van der Waals surface area contributed by atoms with E-state index in [1.807, 2.05) is 0 Å². The van der Waals surface area contributed by atoms with Crippen molar-refractivity contribution in [3.8, 4) is 0 Å². The number of hydrogen-bond acceptors (Lipinski definition) is 3. The normalized spacial score (nSPS) is 11.4. The zero-order chi connectivity index (χ0) is 32.1. The molecule has 3 heteroatoms. The monoisotopic (exact) mass is 608 g/mol. The Morgan fingerprint density at radius 2 is 0.809 bits per heavy atom. The Hall–Kier alpha value is -5.80. The van der Waals surface area contributed by atoms with E-state index < -0.39 is 0 Å². The number of para-hydroxylation sites is 4. The van der Waals surface area contributed by atoms with E-state index in [2.05, 4.69) is 183 Å². The predicted molar refractivity (Wildman–Crippen MR) is 200 cm³/mol. The average Bonchev–Trinajstić information content (AvgIpc) is 3.46. The summed E-state index contributed by atoms with van der Waals surface area (Å²) >= 11 is 0. The molecule has 8 aromatic rings. The lowest BCUT2D eigenvalue weighted by atomic mass is 9.99. The number of furan rings is 1. The van der Waals surface area contributed by atoms with Gasteiger partial charge in [-0.25, -0.2) is 0 Å². The summed E-state index contributed by atoms with van der Waals surface area (Å²) in [5, 5.41) is 4.60. The van der Waals surface area contributed by atoms with Gasteiger partial charge in [0.25, 0.3) is 0 Å².